The van der Waals surface area contributed by atoms with Crippen LogP contribution in [-0.4, -0.2) is 10.1 Å². The van der Waals surface area contributed by atoms with E-state index in [1.165, 1.54) is 0 Å². The molecule has 0 amide bonds. The second kappa shape index (κ2) is 1.70. The van der Waals surface area contributed by atoms with Crippen LogP contribution in [0.15, 0.2) is 22.7 Å². The van der Waals surface area contributed by atoms with Gasteiger partial charge in [-0.1, -0.05) is 6.07 Å². The minimum absolute atomic E-state index is 0.165. The quantitative estimate of drug-likeness (QED) is 0.579. The van der Waals surface area contributed by atoms with Crippen molar-refractivity contribution in [2.75, 3.05) is 5.73 Å². The Bertz CT molecular complexity index is 317. The van der Waals surface area contributed by atoms with E-state index < -0.39 is 0 Å². The summed E-state index contributed by atoms with van der Waals surface area (Å²) in [5.74, 6) is 0.827. The Morgan fingerprint density at radius 1 is 1.40 bits per heavy atom. The van der Waals surface area contributed by atoms with Crippen LogP contribution in [0.3, 0.4) is 0 Å². The maximum Gasteiger partial charge on any atom is 0.258 e. The van der Waals surface area contributed by atoms with Crippen molar-refractivity contribution >= 4 is 5.95 Å². The number of anilines is 1. The molecule has 0 bridgehead atoms. The molecule has 0 aromatic carbocycles. The number of nitrogens with two attached hydrogens (primary N) is 1. The van der Waals surface area contributed by atoms with E-state index in [1.54, 1.807) is 6.07 Å². The van der Waals surface area contributed by atoms with Gasteiger partial charge >= 0.3 is 0 Å². The number of nitrogens with zero attached hydrogens (tertiary/aromatic N) is 2. The molecule has 4 heteroatoms. The summed E-state index contributed by atoms with van der Waals surface area (Å²) in [5, 5.41) is 3.47. The average molecular weight is 135 g/mol. The summed E-state index contributed by atoms with van der Waals surface area (Å²) in [6.45, 7) is 0. The molecule has 2 N–H and O–H groups in total. The maximum atomic E-state index is 5.27. The molecule has 2 rings (SSSR count). The van der Waals surface area contributed by atoms with Crippen molar-refractivity contribution in [2.45, 2.75) is 0 Å². The highest BCUT2D eigenvalue weighted by Crippen LogP contribution is 2.18. The van der Waals surface area contributed by atoms with Crippen LogP contribution in [0.2, 0.25) is 0 Å². The summed E-state index contributed by atoms with van der Waals surface area (Å²) in [7, 11) is 0. The van der Waals surface area contributed by atoms with Crippen molar-refractivity contribution in [3.8, 4) is 11.5 Å². The summed E-state index contributed by atoms with van der Waals surface area (Å²) >= 11 is 0. The first-order valence-electron chi connectivity index (χ1n) is 2.84. The van der Waals surface area contributed by atoms with Gasteiger partial charge in [0.2, 0.25) is 0 Å². The molecule has 4 nitrogen and oxygen atoms in total. The predicted octanol–water partition coefficient (Wildman–Crippen LogP) is 0.757. The number of hydrogen-bond donors (Lipinski definition) is 1. The Morgan fingerprint density at radius 3 is 3.20 bits per heavy atom. The van der Waals surface area contributed by atoms with Gasteiger partial charge < -0.3 is 10.3 Å². The van der Waals surface area contributed by atoms with E-state index in [2.05, 4.69) is 10.1 Å². The van der Waals surface area contributed by atoms with Crippen LogP contribution in [0, 0.1) is 0 Å². The first-order chi connectivity index (χ1) is 4.86. The van der Waals surface area contributed by atoms with Crippen LogP contribution in [-0.2, 0) is 0 Å². The molecule has 0 fully saturated rings. The van der Waals surface area contributed by atoms with Gasteiger partial charge in [-0.25, -0.2) is 4.98 Å². The lowest BCUT2D eigenvalue weighted by Crippen LogP contribution is -1.94. The van der Waals surface area contributed by atoms with Crippen molar-refractivity contribution in [2.24, 2.45) is 0 Å². The second-order valence-corrected chi connectivity index (χ2v) is 1.93. The van der Waals surface area contributed by atoms with Gasteiger partial charge in [0, 0.05) is 0 Å². The molecule has 1 aliphatic heterocycles. The monoisotopic (exact) mass is 135 g/mol. The van der Waals surface area contributed by atoms with E-state index in [0.29, 0.717) is 5.76 Å². The minimum Gasteiger partial charge on any atom is -0.365 e. The molecule has 0 aromatic heterocycles. The third-order valence-electron chi connectivity index (χ3n) is 1.23. The Morgan fingerprint density at radius 2 is 2.30 bits per heavy atom. The Kier molecular flexibility index (Phi) is 0.887. The normalized spacial score (nSPS) is 10.4. The molecule has 0 aromatic rings. The highest BCUT2D eigenvalue weighted by molar-refractivity contribution is 5.55. The van der Waals surface area contributed by atoms with Gasteiger partial charge in [-0.3, -0.25) is 0 Å². The third kappa shape index (κ3) is 0.621. The molecule has 0 spiro atoms. The van der Waals surface area contributed by atoms with Crippen molar-refractivity contribution in [1.29, 1.82) is 0 Å². The van der Waals surface area contributed by atoms with Crippen LogP contribution in [0.5, 0.6) is 0 Å². The molecule has 2 aliphatic rings. The van der Waals surface area contributed by atoms with Crippen LogP contribution in [0.1, 0.15) is 0 Å². The van der Waals surface area contributed by atoms with E-state index >= 15 is 0 Å². The summed E-state index contributed by atoms with van der Waals surface area (Å²) in [6.07, 6.45) is 0. The van der Waals surface area contributed by atoms with Crippen LogP contribution in [0.4, 0.5) is 5.95 Å². The van der Waals surface area contributed by atoms with Gasteiger partial charge in [-0.2, -0.15) is 0 Å². The number of aromatic nitrogens is 2. The number of nitrogen functional groups attached to an aromatic ring is 1. The highest BCUT2D eigenvalue weighted by atomic mass is 16.5. The van der Waals surface area contributed by atoms with Gasteiger partial charge in [0.05, 0.1) is 0 Å². The van der Waals surface area contributed by atoms with Gasteiger partial charge in [0.1, 0.15) is 5.69 Å². The molecule has 0 radical (unpaired) electrons. The maximum absolute atomic E-state index is 5.27. The molecule has 0 saturated heterocycles. The smallest absolute Gasteiger partial charge is 0.258 e. The van der Waals surface area contributed by atoms with E-state index in [4.69, 9.17) is 10.3 Å². The Hall–Kier alpha value is -1.58. The van der Waals surface area contributed by atoms with Crippen LogP contribution < -0.4 is 5.73 Å². The zero-order valence-corrected chi connectivity index (χ0v) is 5.11. The molecule has 1 heterocycles. The number of rotatable bonds is 0. The zero-order chi connectivity index (χ0) is 6.97. The minimum atomic E-state index is 0.165. The number of fused-ring (bicyclic) bond motifs is 1. The van der Waals surface area contributed by atoms with Crippen LogP contribution >= 0.6 is 0 Å². The predicted molar refractivity (Wildman–Crippen MR) is 35.3 cm³/mol. The van der Waals surface area contributed by atoms with Gasteiger partial charge in [-0.05, 0) is 17.3 Å². The molecule has 50 valence electrons. The first kappa shape index (κ1) is 5.22. The summed E-state index contributed by atoms with van der Waals surface area (Å²) in [4.78, 5) is 3.91. The fraction of sp³-hybridized carbons (Fsp3) is 0. The molecular formula is C6H5N3O. The van der Waals surface area contributed by atoms with Gasteiger partial charge in [0.25, 0.3) is 5.95 Å². The SMILES string of the molecule is Nc1noc2cccc-2n1. The summed E-state index contributed by atoms with van der Waals surface area (Å²) in [5.41, 5.74) is 6.01. The standard InChI is InChI=1S/C6H5N3O/c7-6-8-4-2-1-3-5(4)10-9-6/h1-3H,(H2,7,9). The zero-order valence-electron chi connectivity index (χ0n) is 5.11. The highest BCUT2D eigenvalue weighted by Gasteiger charge is 2.05. The molecule has 0 saturated carbocycles. The van der Waals surface area contributed by atoms with Crippen molar-refractivity contribution < 1.29 is 4.52 Å². The first-order valence-corrected chi connectivity index (χ1v) is 2.84. The van der Waals surface area contributed by atoms with Crippen molar-refractivity contribution in [3.63, 3.8) is 0 Å². The molecule has 1 aliphatic carbocycles. The largest absolute Gasteiger partial charge is 0.365 e. The topological polar surface area (TPSA) is 64.9 Å². The van der Waals surface area contributed by atoms with E-state index in [9.17, 15) is 0 Å². The second-order valence-electron chi connectivity index (χ2n) is 1.93. The fourth-order valence-electron chi connectivity index (χ4n) is 0.803. The molecule has 10 heavy (non-hydrogen) atoms. The van der Waals surface area contributed by atoms with Gasteiger partial charge in [0.15, 0.2) is 5.76 Å². The van der Waals surface area contributed by atoms with E-state index in [1.807, 2.05) is 12.1 Å². The lowest BCUT2D eigenvalue weighted by Gasteiger charge is -1.93. The van der Waals surface area contributed by atoms with Crippen molar-refractivity contribution in [1.82, 2.24) is 10.1 Å². The fourth-order valence-corrected chi connectivity index (χ4v) is 0.803. The molecule has 0 atom stereocenters. The van der Waals surface area contributed by atoms with E-state index in [-0.39, 0.29) is 5.95 Å². The summed E-state index contributed by atoms with van der Waals surface area (Å²) in [6, 6.07) is 5.44. The molecular weight excluding hydrogens is 130 g/mol. The Labute approximate surface area is 57.0 Å². The van der Waals surface area contributed by atoms with E-state index in [0.717, 1.165) is 5.69 Å². The lowest BCUT2D eigenvalue weighted by molar-refractivity contribution is 0.411. The van der Waals surface area contributed by atoms with Crippen LogP contribution in [0.25, 0.3) is 11.5 Å². The Balaban J connectivity index is 2.75. The summed E-state index contributed by atoms with van der Waals surface area (Å²) < 4.78 is 4.84. The third-order valence-corrected chi connectivity index (χ3v) is 1.23. The lowest BCUT2D eigenvalue weighted by atomic mass is 10.4. The van der Waals surface area contributed by atoms with Gasteiger partial charge in [-0.15, -0.1) is 0 Å². The molecule has 0 unspecified atom stereocenters. The average Bonchev–Trinajstić information content (AvgIpc) is 2.33. The number of hydrogen-bond acceptors (Lipinski definition) is 4. The van der Waals surface area contributed by atoms with Crippen molar-refractivity contribution in [3.05, 3.63) is 18.2 Å².